The third kappa shape index (κ3) is 3.37. The monoisotopic (exact) mass is 280 g/mol. The Morgan fingerprint density at radius 1 is 1.59 bits per heavy atom. The molecule has 1 aliphatic rings. The molecule has 0 aromatic heterocycles. The zero-order valence-electron chi connectivity index (χ0n) is 10.0. The predicted molar refractivity (Wildman–Crippen MR) is 71.2 cm³/mol. The summed E-state index contributed by atoms with van der Waals surface area (Å²) >= 11 is 4.76. The van der Waals surface area contributed by atoms with Crippen LogP contribution in [-0.2, 0) is 10.0 Å². The molecule has 7 heteroatoms. The number of aliphatic hydroxyl groups excluding tert-OH is 1. The van der Waals surface area contributed by atoms with E-state index >= 15 is 0 Å². The fourth-order valence-corrected chi connectivity index (χ4v) is 3.84. The molecule has 0 bridgehead atoms. The number of aliphatic hydroxyl groups is 1. The van der Waals surface area contributed by atoms with E-state index in [4.69, 9.17) is 23.1 Å². The van der Waals surface area contributed by atoms with Crippen LogP contribution in [0, 0.1) is 0 Å². The summed E-state index contributed by atoms with van der Waals surface area (Å²) in [7, 11) is -3.48. The van der Waals surface area contributed by atoms with Gasteiger partial charge in [0, 0.05) is 19.2 Å². The Morgan fingerprint density at radius 2 is 2.18 bits per heavy atom. The van der Waals surface area contributed by atoms with Gasteiger partial charge in [-0.25, -0.2) is 8.42 Å². The Bertz CT molecular complexity index is 366. The smallest absolute Gasteiger partial charge is 0.223 e. The summed E-state index contributed by atoms with van der Waals surface area (Å²) in [5, 5.41) is 7.99. The second-order valence-electron chi connectivity index (χ2n) is 4.36. The van der Waals surface area contributed by atoms with Gasteiger partial charge in [-0.15, -0.1) is 0 Å². The SMILES string of the molecule is CC(C(N)=S)S(=O)(=O)N(CCCO)C1CCC1. The van der Waals surface area contributed by atoms with Gasteiger partial charge in [-0.3, -0.25) is 0 Å². The molecule has 1 saturated carbocycles. The summed E-state index contributed by atoms with van der Waals surface area (Å²) in [5.74, 6) is 0. The fraction of sp³-hybridized carbons (Fsp3) is 0.900. The molecule has 0 aromatic carbocycles. The summed E-state index contributed by atoms with van der Waals surface area (Å²) in [6.45, 7) is 1.85. The van der Waals surface area contributed by atoms with E-state index in [2.05, 4.69) is 0 Å². The molecule has 0 heterocycles. The largest absolute Gasteiger partial charge is 0.396 e. The number of hydrogen-bond acceptors (Lipinski definition) is 4. The summed E-state index contributed by atoms with van der Waals surface area (Å²) in [4.78, 5) is -0.00155. The minimum Gasteiger partial charge on any atom is -0.396 e. The van der Waals surface area contributed by atoms with Gasteiger partial charge in [0.1, 0.15) is 5.25 Å². The van der Waals surface area contributed by atoms with E-state index in [0.717, 1.165) is 19.3 Å². The van der Waals surface area contributed by atoms with Crippen molar-refractivity contribution in [1.82, 2.24) is 4.31 Å². The first-order chi connectivity index (χ1) is 7.91. The normalized spacial score (nSPS) is 19.0. The lowest BCUT2D eigenvalue weighted by Gasteiger charge is -2.37. The first-order valence-electron chi connectivity index (χ1n) is 5.82. The van der Waals surface area contributed by atoms with Crippen molar-refractivity contribution in [3.8, 4) is 0 Å². The number of sulfonamides is 1. The third-order valence-corrected chi connectivity index (χ3v) is 5.98. The summed E-state index contributed by atoms with van der Waals surface area (Å²) in [5.41, 5.74) is 5.42. The number of nitrogens with zero attached hydrogens (tertiary/aromatic N) is 1. The second-order valence-corrected chi connectivity index (χ2v) is 7.04. The molecule has 17 heavy (non-hydrogen) atoms. The Balaban J connectivity index is 2.83. The van der Waals surface area contributed by atoms with Gasteiger partial charge in [0.15, 0.2) is 0 Å². The molecule has 0 aliphatic heterocycles. The zero-order chi connectivity index (χ0) is 13.1. The predicted octanol–water partition coefficient (Wildman–Crippen LogP) is 0.228. The molecular weight excluding hydrogens is 260 g/mol. The molecular formula is C10H20N2O3S2. The summed E-state index contributed by atoms with van der Waals surface area (Å²) < 4.78 is 26.0. The Kier molecular flexibility index (Phi) is 5.30. The average Bonchev–Trinajstić information content (AvgIpc) is 2.19. The van der Waals surface area contributed by atoms with E-state index in [-0.39, 0.29) is 17.6 Å². The van der Waals surface area contributed by atoms with Gasteiger partial charge in [-0.1, -0.05) is 18.6 Å². The van der Waals surface area contributed by atoms with Crippen molar-refractivity contribution < 1.29 is 13.5 Å². The Hall–Kier alpha value is -0.240. The van der Waals surface area contributed by atoms with Crippen molar-refractivity contribution in [1.29, 1.82) is 0 Å². The zero-order valence-corrected chi connectivity index (χ0v) is 11.6. The lowest BCUT2D eigenvalue weighted by molar-refractivity contribution is 0.198. The highest BCUT2D eigenvalue weighted by atomic mass is 32.2. The van der Waals surface area contributed by atoms with Crippen LogP contribution in [0.2, 0.25) is 0 Å². The van der Waals surface area contributed by atoms with Crippen LogP contribution in [0.5, 0.6) is 0 Å². The van der Waals surface area contributed by atoms with E-state index in [9.17, 15) is 8.42 Å². The van der Waals surface area contributed by atoms with Crippen molar-refractivity contribution >= 4 is 27.2 Å². The summed E-state index contributed by atoms with van der Waals surface area (Å²) in [6, 6.07) is 0.0587. The van der Waals surface area contributed by atoms with Crippen LogP contribution < -0.4 is 5.73 Å². The maximum atomic E-state index is 12.3. The van der Waals surface area contributed by atoms with Gasteiger partial charge < -0.3 is 10.8 Å². The van der Waals surface area contributed by atoms with Gasteiger partial charge in [0.05, 0.1) is 4.99 Å². The van der Waals surface area contributed by atoms with E-state index < -0.39 is 15.3 Å². The quantitative estimate of drug-likeness (QED) is 0.652. The summed E-state index contributed by atoms with van der Waals surface area (Å²) in [6.07, 6.45) is 3.26. The number of thiocarbonyl (C=S) groups is 1. The molecule has 1 rings (SSSR count). The molecule has 3 N–H and O–H groups in total. The van der Waals surface area contributed by atoms with Gasteiger partial charge in [0.2, 0.25) is 10.0 Å². The topological polar surface area (TPSA) is 83.6 Å². The first kappa shape index (κ1) is 14.8. The Morgan fingerprint density at radius 3 is 2.53 bits per heavy atom. The average molecular weight is 280 g/mol. The lowest BCUT2D eigenvalue weighted by atomic mass is 9.93. The first-order valence-corrected chi connectivity index (χ1v) is 7.73. The van der Waals surface area contributed by atoms with Gasteiger partial charge in [-0.05, 0) is 26.2 Å². The van der Waals surface area contributed by atoms with Crippen LogP contribution in [-0.4, -0.2) is 47.3 Å². The maximum absolute atomic E-state index is 12.3. The van der Waals surface area contributed by atoms with E-state index in [1.54, 1.807) is 0 Å². The van der Waals surface area contributed by atoms with Crippen molar-refractivity contribution in [2.75, 3.05) is 13.2 Å². The number of nitrogens with two attached hydrogens (primary N) is 1. The molecule has 5 nitrogen and oxygen atoms in total. The number of hydrogen-bond donors (Lipinski definition) is 2. The molecule has 1 aliphatic carbocycles. The second kappa shape index (κ2) is 6.08. The van der Waals surface area contributed by atoms with Crippen LogP contribution in [0.4, 0.5) is 0 Å². The van der Waals surface area contributed by atoms with E-state index in [1.807, 2.05) is 0 Å². The van der Waals surface area contributed by atoms with Crippen molar-refractivity contribution in [3.05, 3.63) is 0 Å². The molecule has 0 spiro atoms. The highest BCUT2D eigenvalue weighted by Crippen LogP contribution is 2.28. The van der Waals surface area contributed by atoms with Gasteiger partial charge in [-0.2, -0.15) is 4.31 Å². The molecule has 1 unspecified atom stereocenters. The molecule has 1 fully saturated rings. The van der Waals surface area contributed by atoms with Gasteiger partial charge in [0.25, 0.3) is 0 Å². The molecule has 0 radical (unpaired) electrons. The Labute approximate surface area is 108 Å². The van der Waals surface area contributed by atoms with Crippen LogP contribution in [0.25, 0.3) is 0 Å². The molecule has 0 amide bonds. The lowest BCUT2D eigenvalue weighted by Crippen LogP contribution is -2.50. The molecule has 0 saturated heterocycles. The third-order valence-electron chi connectivity index (χ3n) is 3.19. The van der Waals surface area contributed by atoms with Gasteiger partial charge >= 0.3 is 0 Å². The van der Waals surface area contributed by atoms with Crippen LogP contribution in [0.15, 0.2) is 0 Å². The van der Waals surface area contributed by atoms with Crippen LogP contribution >= 0.6 is 12.2 Å². The van der Waals surface area contributed by atoms with Crippen molar-refractivity contribution in [2.45, 2.75) is 43.9 Å². The highest BCUT2D eigenvalue weighted by Gasteiger charge is 2.37. The minimum atomic E-state index is -3.48. The van der Waals surface area contributed by atoms with Crippen LogP contribution in [0.1, 0.15) is 32.6 Å². The number of rotatable bonds is 7. The van der Waals surface area contributed by atoms with Crippen molar-refractivity contribution in [2.24, 2.45) is 5.73 Å². The van der Waals surface area contributed by atoms with E-state index in [0.29, 0.717) is 13.0 Å². The molecule has 1 atom stereocenters. The fourth-order valence-electron chi connectivity index (χ4n) is 1.77. The van der Waals surface area contributed by atoms with Crippen LogP contribution in [0.3, 0.4) is 0 Å². The molecule has 100 valence electrons. The van der Waals surface area contributed by atoms with Crippen molar-refractivity contribution in [3.63, 3.8) is 0 Å². The minimum absolute atomic E-state index is 0.00155. The molecule has 0 aromatic rings. The maximum Gasteiger partial charge on any atom is 0.223 e. The standard InChI is InChI=1S/C10H20N2O3S2/c1-8(10(11)16)17(14,15)12(6-3-7-13)9-4-2-5-9/h8-9,13H,2-7H2,1H3,(H2,11,16). The highest BCUT2D eigenvalue weighted by molar-refractivity contribution is 7.92. The van der Waals surface area contributed by atoms with E-state index in [1.165, 1.54) is 11.2 Å².